The highest BCUT2D eigenvalue weighted by Gasteiger charge is 2.36. The summed E-state index contributed by atoms with van der Waals surface area (Å²) < 4.78 is 18.3. The number of hydrogen-bond donors (Lipinski definition) is 3. The Balaban J connectivity index is 1.51. The lowest BCUT2D eigenvalue weighted by Gasteiger charge is -2.31. The molecule has 1 fully saturated rings. The predicted molar refractivity (Wildman–Crippen MR) is 176 cm³/mol. The third kappa shape index (κ3) is 7.57. The van der Waals surface area contributed by atoms with Gasteiger partial charge in [0.2, 0.25) is 5.91 Å². The van der Waals surface area contributed by atoms with Gasteiger partial charge in [0.1, 0.15) is 16.7 Å². The van der Waals surface area contributed by atoms with Crippen LogP contribution in [0.5, 0.6) is 0 Å². The fourth-order valence-corrected chi connectivity index (χ4v) is 6.35. The Bertz CT molecular complexity index is 1650. The van der Waals surface area contributed by atoms with Gasteiger partial charge in [0.05, 0.1) is 5.69 Å². The van der Waals surface area contributed by atoms with Gasteiger partial charge in [-0.05, 0) is 91.2 Å². The van der Waals surface area contributed by atoms with E-state index in [1.54, 1.807) is 6.07 Å². The lowest BCUT2D eigenvalue weighted by molar-refractivity contribution is -0.122. The van der Waals surface area contributed by atoms with E-state index < -0.39 is 29.6 Å². The van der Waals surface area contributed by atoms with E-state index >= 15 is 0 Å². The van der Waals surface area contributed by atoms with Gasteiger partial charge in [0, 0.05) is 18.3 Å². The molecular formula is C35H38FN5O3S. The minimum Gasteiger partial charge on any atom is -0.395 e. The zero-order valence-electron chi connectivity index (χ0n) is 25.5. The standard InChI is InChI=1S/C35H38FN5O3S/c1-22-13-18-28(21-23(22)2)41(35(44)32-29(37)30(40-45-32)33(42)39-27-11-7-4-8-12-27)31(25-14-16-26(36)17-15-25)34(43)38-20-19-24-9-5-3-6-10-24/h3,5-6,9-10,13-18,21,27,31H,4,7-8,11-12,19-20,37H2,1-2H3,(H,38,43)(H,39,42)/t31-/m0/s1. The van der Waals surface area contributed by atoms with E-state index in [4.69, 9.17) is 5.73 Å². The number of hydrogen-bond acceptors (Lipinski definition) is 6. The summed E-state index contributed by atoms with van der Waals surface area (Å²) in [6.45, 7) is 4.20. The molecule has 0 unspecified atom stereocenters. The summed E-state index contributed by atoms with van der Waals surface area (Å²) in [5.41, 5.74) is 10.3. The Morgan fingerprint density at radius 1 is 0.978 bits per heavy atom. The summed E-state index contributed by atoms with van der Waals surface area (Å²) in [7, 11) is 0. The molecule has 1 aliphatic rings. The predicted octanol–water partition coefficient (Wildman–Crippen LogP) is 6.29. The second kappa shape index (κ2) is 14.5. The van der Waals surface area contributed by atoms with Crippen LogP contribution in [-0.4, -0.2) is 34.7 Å². The van der Waals surface area contributed by atoms with Crippen molar-refractivity contribution in [2.24, 2.45) is 0 Å². The normalized spacial score (nSPS) is 14.0. The lowest BCUT2D eigenvalue weighted by atomic mass is 9.95. The van der Waals surface area contributed by atoms with Crippen molar-refractivity contribution in [2.45, 2.75) is 64.5 Å². The third-order valence-corrected chi connectivity index (χ3v) is 9.16. The van der Waals surface area contributed by atoms with E-state index in [1.165, 1.54) is 29.2 Å². The number of amides is 3. The summed E-state index contributed by atoms with van der Waals surface area (Å²) in [4.78, 5) is 43.1. The van der Waals surface area contributed by atoms with Gasteiger partial charge in [-0.3, -0.25) is 19.3 Å². The monoisotopic (exact) mass is 627 g/mol. The molecule has 0 spiro atoms. The molecule has 3 aromatic carbocycles. The Morgan fingerprint density at radius 2 is 1.69 bits per heavy atom. The van der Waals surface area contributed by atoms with Gasteiger partial charge in [-0.1, -0.05) is 67.8 Å². The molecule has 10 heteroatoms. The first kappa shape index (κ1) is 31.8. The smallest absolute Gasteiger partial charge is 0.273 e. The number of benzene rings is 3. The number of nitrogens with two attached hydrogens (primary N) is 1. The third-order valence-electron chi connectivity index (χ3n) is 8.31. The highest BCUT2D eigenvalue weighted by atomic mass is 32.1. The van der Waals surface area contributed by atoms with Crippen molar-refractivity contribution in [1.82, 2.24) is 15.0 Å². The Morgan fingerprint density at radius 3 is 2.38 bits per heavy atom. The summed E-state index contributed by atoms with van der Waals surface area (Å²) in [5, 5.41) is 5.99. The van der Waals surface area contributed by atoms with Crippen LogP contribution in [0.2, 0.25) is 0 Å². The van der Waals surface area contributed by atoms with Gasteiger partial charge in [-0.2, -0.15) is 4.37 Å². The minimum atomic E-state index is -1.17. The second-order valence-corrected chi connectivity index (χ2v) is 12.3. The number of nitrogens with one attached hydrogen (secondary N) is 2. The van der Waals surface area contributed by atoms with Crippen LogP contribution >= 0.6 is 11.5 Å². The average molecular weight is 628 g/mol. The summed E-state index contributed by atoms with van der Waals surface area (Å²) in [6.07, 6.45) is 5.60. The van der Waals surface area contributed by atoms with Crippen LogP contribution < -0.4 is 21.3 Å². The molecule has 1 aromatic heterocycles. The maximum Gasteiger partial charge on any atom is 0.273 e. The number of aromatic nitrogens is 1. The van der Waals surface area contributed by atoms with E-state index in [-0.39, 0.29) is 22.3 Å². The number of nitrogens with zero attached hydrogens (tertiary/aromatic N) is 2. The second-order valence-electron chi connectivity index (χ2n) is 11.5. The van der Waals surface area contributed by atoms with Crippen LogP contribution in [0, 0.1) is 19.7 Å². The molecule has 4 N–H and O–H groups in total. The summed E-state index contributed by atoms with van der Waals surface area (Å²) >= 11 is 0.828. The number of aryl methyl sites for hydroxylation is 2. The first-order valence-corrected chi connectivity index (χ1v) is 16.0. The molecule has 0 bridgehead atoms. The van der Waals surface area contributed by atoms with Crippen molar-refractivity contribution in [2.75, 3.05) is 17.2 Å². The zero-order valence-corrected chi connectivity index (χ0v) is 26.3. The largest absolute Gasteiger partial charge is 0.395 e. The molecule has 234 valence electrons. The first-order chi connectivity index (χ1) is 21.7. The number of anilines is 2. The molecular weight excluding hydrogens is 589 g/mol. The van der Waals surface area contributed by atoms with Crippen LogP contribution in [0.4, 0.5) is 15.8 Å². The topological polar surface area (TPSA) is 117 Å². The Hall–Kier alpha value is -4.57. The van der Waals surface area contributed by atoms with E-state index in [9.17, 15) is 18.8 Å². The molecule has 5 rings (SSSR count). The molecule has 3 amide bonds. The molecule has 45 heavy (non-hydrogen) atoms. The maximum absolute atomic E-state index is 14.5. The number of carbonyl (C=O) groups excluding carboxylic acids is 3. The van der Waals surface area contributed by atoms with Crippen molar-refractivity contribution in [1.29, 1.82) is 0 Å². The van der Waals surface area contributed by atoms with Gasteiger partial charge in [0.25, 0.3) is 11.8 Å². The quantitative estimate of drug-likeness (QED) is 0.191. The Labute approximate surface area is 267 Å². The molecule has 1 atom stereocenters. The van der Waals surface area contributed by atoms with Crippen molar-refractivity contribution < 1.29 is 18.8 Å². The van der Waals surface area contributed by atoms with E-state index in [0.29, 0.717) is 24.2 Å². The van der Waals surface area contributed by atoms with Crippen LogP contribution in [0.1, 0.15) is 80.6 Å². The highest BCUT2D eigenvalue weighted by molar-refractivity contribution is 7.09. The summed E-state index contributed by atoms with van der Waals surface area (Å²) in [5.74, 6) is -1.91. The summed E-state index contributed by atoms with van der Waals surface area (Å²) in [6, 6.07) is 19.6. The van der Waals surface area contributed by atoms with Gasteiger partial charge >= 0.3 is 0 Å². The lowest BCUT2D eigenvalue weighted by Crippen LogP contribution is -2.44. The van der Waals surface area contributed by atoms with E-state index in [0.717, 1.165) is 60.3 Å². The molecule has 8 nitrogen and oxygen atoms in total. The number of nitrogen functional groups attached to an aromatic ring is 1. The molecule has 4 aromatic rings. The van der Waals surface area contributed by atoms with Gasteiger partial charge in [-0.25, -0.2) is 4.39 Å². The van der Waals surface area contributed by atoms with Gasteiger partial charge in [0.15, 0.2) is 5.69 Å². The molecule has 1 heterocycles. The molecule has 1 aliphatic carbocycles. The Kier molecular flexibility index (Phi) is 10.2. The maximum atomic E-state index is 14.5. The number of rotatable bonds is 10. The molecule has 0 aliphatic heterocycles. The van der Waals surface area contributed by atoms with Crippen LogP contribution in [-0.2, 0) is 11.2 Å². The highest BCUT2D eigenvalue weighted by Crippen LogP contribution is 2.34. The SMILES string of the molecule is Cc1ccc(N(C(=O)c2snc(C(=O)NC3CCCCC3)c2N)[C@H](C(=O)NCCc2ccccc2)c2ccc(F)cc2)cc1C. The van der Waals surface area contributed by atoms with Gasteiger partial charge in [-0.15, -0.1) is 0 Å². The van der Waals surface area contributed by atoms with Crippen molar-refractivity contribution in [3.63, 3.8) is 0 Å². The van der Waals surface area contributed by atoms with Gasteiger partial charge < -0.3 is 16.4 Å². The molecule has 1 saturated carbocycles. The first-order valence-electron chi connectivity index (χ1n) is 15.3. The molecule has 0 saturated heterocycles. The van der Waals surface area contributed by atoms with Crippen molar-refractivity contribution >= 4 is 40.6 Å². The van der Waals surface area contributed by atoms with E-state index in [1.807, 2.05) is 56.3 Å². The average Bonchev–Trinajstić information content (AvgIpc) is 3.43. The van der Waals surface area contributed by atoms with Crippen LogP contribution in [0.3, 0.4) is 0 Å². The fourth-order valence-electron chi connectivity index (χ4n) is 5.62. The zero-order chi connectivity index (χ0) is 31.9. The van der Waals surface area contributed by atoms with Crippen molar-refractivity contribution in [3.8, 4) is 0 Å². The van der Waals surface area contributed by atoms with Crippen LogP contribution in [0.15, 0.2) is 72.8 Å². The van der Waals surface area contributed by atoms with Crippen LogP contribution in [0.25, 0.3) is 0 Å². The van der Waals surface area contributed by atoms with Crippen molar-refractivity contribution in [3.05, 3.63) is 111 Å². The number of carbonyl (C=O) groups is 3. The van der Waals surface area contributed by atoms with E-state index in [2.05, 4.69) is 15.0 Å². The number of halogens is 1. The minimum absolute atomic E-state index is 0.000366. The fraction of sp³-hybridized carbons (Fsp3) is 0.314. The molecule has 0 radical (unpaired) electrons.